The first kappa shape index (κ1) is 18.3. The molecule has 7 nitrogen and oxygen atoms in total. The zero-order chi connectivity index (χ0) is 18.9. The third kappa shape index (κ3) is 4.00. The molecule has 2 fully saturated rings. The van der Waals surface area contributed by atoms with Crippen molar-refractivity contribution in [3.8, 4) is 0 Å². The quantitative estimate of drug-likeness (QED) is 0.513. The minimum absolute atomic E-state index is 0.150. The van der Waals surface area contributed by atoms with Crippen LogP contribution in [0.4, 0.5) is 9.18 Å². The fourth-order valence-corrected chi connectivity index (χ4v) is 3.22. The minimum atomic E-state index is -0.520. The van der Waals surface area contributed by atoms with Crippen molar-refractivity contribution in [3.63, 3.8) is 0 Å². The van der Waals surface area contributed by atoms with Crippen LogP contribution in [0.5, 0.6) is 0 Å². The van der Waals surface area contributed by atoms with E-state index in [1.165, 1.54) is 6.07 Å². The van der Waals surface area contributed by atoms with Gasteiger partial charge in [0.05, 0.1) is 6.04 Å². The van der Waals surface area contributed by atoms with E-state index in [2.05, 4.69) is 15.9 Å². The van der Waals surface area contributed by atoms with Crippen LogP contribution in [-0.2, 0) is 4.79 Å². The molecule has 0 aromatic heterocycles. The van der Waals surface area contributed by atoms with Gasteiger partial charge in [-0.25, -0.2) is 9.18 Å². The maximum atomic E-state index is 13.7. The fourth-order valence-electron chi connectivity index (χ4n) is 3.22. The van der Waals surface area contributed by atoms with E-state index in [1.54, 1.807) is 26.0 Å². The average Bonchev–Trinajstić information content (AvgIpc) is 3.48. The number of rotatable bonds is 7. The lowest BCUT2D eigenvalue weighted by molar-refractivity contribution is -0.122. The summed E-state index contributed by atoms with van der Waals surface area (Å²) in [5.74, 6) is -0.272. The highest BCUT2D eigenvalue weighted by atomic mass is 19.1. The molecule has 1 aromatic rings. The van der Waals surface area contributed by atoms with Gasteiger partial charge in [-0.1, -0.05) is 17.4 Å². The molecule has 2 aliphatic rings. The third-order valence-electron chi connectivity index (χ3n) is 5.23. The van der Waals surface area contributed by atoms with Gasteiger partial charge in [0.15, 0.2) is 0 Å². The standard InChI is InChI=1S/C18H24FN5O2/c1-11-3-4-13(9-15(11)19)12(2)21-16(25)10-24(23-20)17(26)22-18(7-8-18)14-5-6-14/h3-4,9,12,14,20H,5-8,10H2,1-2H3,(H,21,25)(H,22,26)/t12-/m0/s1. The van der Waals surface area contributed by atoms with Crippen molar-refractivity contribution >= 4 is 11.9 Å². The number of urea groups is 1. The highest BCUT2D eigenvalue weighted by Gasteiger charge is 2.55. The van der Waals surface area contributed by atoms with Gasteiger partial charge in [-0.2, -0.15) is 10.5 Å². The van der Waals surface area contributed by atoms with Crippen LogP contribution in [0, 0.1) is 24.2 Å². The van der Waals surface area contributed by atoms with Crippen molar-refractivity contribution in [2.45, 2.75) is 51.1 Å². The molecule has 8 heteroatoms. The van der Waals surface area contributed by atoms with Gasteiger partial charge >= 0.3 is 6.03 Å². The van der Waals surface area contributed by atoms with Crippen molar-refractivity contribution in [3.05, 3.63) is 35.1 Å². The molecule has 2 saturated carbocycles. The van der Waals surface area contributed by atoms with Crippen molar-refractivity contribution in [2.24, 2.45) is 11.1 Å². The highest BCUT2D eigenvalue weighted by Crippen LogP contribution is 2.53. The first-order valence-corrected chi connectivity index (χ1v) is 8.87. The number of hydrogen-bond acceptors (Lipinski definition) is 4. The van der Waals surface area contributed by atoms with Crippen molar-refractivity contribution < 1.29 is 14.0 Å². The summed E-state index contributed by atoms with van der Waals surface area (Å²) in [6, 6.07) is 3.84. The lowest BCUT2D eigenvalue weighted by atomic mass is 10.1. The van der Waals surface area contributed by atoms with Crippen molar-refractivity contribution in [2.75, 3.05) is 6.54 Å². The monoisotopic (exact) mass is 361 g/mol. The van der Waals surface area contributed by atoms with Crippen LogP contribution in [0.1, 0.15) is 49.8 Å². The molecule has 0 bridgehead atoms. The fraction of sp³-hybridized carbons (Fsp3) is 0.556. The molecule has 2 aliphatic carbocycles. The summed E-state index contributed by atoms with van der Waals surface area (Å²) < 4.78 is 13.7. The summed E-state index contributed by atoms with van der Waals surface area (Å²) in [6.45, 7) is 3.05. The smallest absolute Gasteiger partial charge is 0.340 e. The van der Waals surface area contributed by atoms with E-state index < -0.39 is 18.0 Å². The van der Waals surface area contributed by atoms with Gasteiger partial charge in [0.1, 0.15) is 12.4 Å². The van der Waals surface area contributed by atoms with Crippen LogP contribution >= 0.6 is 0 Å². The van der Waals surface area contributed by atoms with E-state index in [0.717, 1.165) is 30.7 Å². The summed E-state index contributed by atoms with van der Waals surface area (Å²) in [5.41, 5.74) is 8.21. The third-order valence-corrected chi connectivity index (χ3v) is 5.23. The summed E-state index contributed by atoms with van der Waals surface area (Å²) >= 11 is 0. The number of hydrogen-bond donors (Lipinski definition) is 3. The molecule has 1 atom stereocenters. The Morgan fingerprint density at radius 2 is 2.12 bits per heavy atom. The summed E-state index contributed by atoms with van der Waals surface area (Å²) in [6.07, 6.45) is 4.11. The predicted octanol–water partition coefficient (Wildman–Crippen LogP) is 3.21. The minimum Gasteiger partial charge on any atom is -0.348 e. The van der Waals surface area contributed by atoms with E-state index in [-0.39, 0.29) is 17.9 Å². The Hall–Kier alpha value is -2.51. The Kier molecular flexibility index (Phi) is 4.93. The van der Waals surface area contributed by atoms with E-state index >= 15 is 0 Å². The van der Waals surface area contributed by atoms with Crippen LogP contribution in [0.2, 0.25) is 0 Å². The SMILES string of the molecule is Cc1ccc([C@H](C)NC(=O)CN(N=N)C(=O)NC2(C3CC3)CC2)cc1F. The number of nitrogens with one attached hydrogen (secondary N) is 3. The maximum absolute atomic E-state index is 13.7. The van der Waals surface area contributed by atoms with Gasteiger partial charge in [-0.05, 0) is 62.6 Å². The predicted molar refractivity (Wildman–Crippen MR) is 92.8 cm³/mol. The molecule has 0 radical (unpaired) electrons. The van der Waals surface area contributed by atoms with Crippen LogP contribution in [0.25, 0.3) is 0 Å². The molecule has 140 valence electrons. The molecule has 3 N–H and O–H groups in total. The molecule has 0 heterocycles. The molecule has 0 spiro atoms. The number of carbonyl (C=O) groups excluding carboxylic acids is 2. The Labute approximate surface area is 151 Å². The summed E-state index contributed by atoms with van der Waals surface area (Å²) in [4.78, 5) is 24.5. The second kappa shape index (κ2) is 7.01. The summed E-state index contributed by atoms with van der Waals surface area (Å²) in [5, 5.41) is 9.63. The second-order valence-corrected chi connectivity index (χ2v) is 7.32. The zero-order valence-corrected chi connectivity index (χ0v) is 15.0. The normalized spacial score (nSPS) is 18.6. The molecule has 0 aliphatic heterocycles. The lowest BCUT2D eigenvalue weighted by Crippen LogP contribution is -2.48. The molecule has 3 amide bonds. The van der Waals surface area contributed by atoms with Gasteiger partial charge in [0.25, 0.3) is 0 Å². The molecule has 3 rings (SSSR count). The van der Waals surface area contributed by atoms with Crippen LogP contribution in [-0.4, -0.2) is 29.0 Å². The molecule has 26 heavy (non-hydrogen) atoms. The van der Waals surface area contributed by atoms with Gasteiger partial charge in [0.2, 0.25) is 5.91 Å². The number of carbonyl (C=O) groups is 2. The Bertz CT molecular complexity index is 730. The molecule has 1 aromatic carbocycles. The van der Waals surface area contributed by atoms with Gasteiger partial charge < -0.3 is 10.6 Å². The number of nitrogens with zero attached hydrogens (tertiary/aromatic N) is 2. The van der Waals surface area contributed by atoms with E-state index in [1.807, 2.05) is 0 Å². The van der Waals surface area contributed by atoms with Gasteiger partial charge in [0, 0.05) is 5.54 Å². The zero-order valence-electron chi connectivity index (χ0n) is 15.0. The Morgan fingerprint density at radius 3 is 2.65 bits per heavy atom. The largest absolute Gasteiger partial charge is 0.348 e. The number of aryl methyl sites for hydroxylation is 1. The Balaban J connectivity index is 1.54. The average molecular weight is 361 g/mol. The van der Waals surface area contributed by atoms with Gasteiger partial charge in [-0.15, -0.1) is 0 Å². The van der Waals surface area contributed by atoms with Crippen LogP contribution in [0.15, 0.2) is 23.4 Å². The number of amides is 3. The molecular weight excluding hydrogens is 337 g/mol. The number of benzene rings is 1. The Morgan fingerprint density at radius 1 is 1.42 bits per heavy atom. The topological polar surface area (TPSA) is 97.7 Å². The van der Waals surface area contributed by atoms with Crippen molar-refractivity contribution in [1.29, 1.82) is 5.53 Å². The molecule has 0 saturated heterocycles. The number of halogens is 1. The van der Waals surface area contributed by atoms with E-state index in [4.69, 9.17) is 5.53 Å². The summed E-state index contributed by atoms with van der Waals surface area (Å²) in [7, 11) is 0. The van der Waals surface area contributed by atoms with Gasteiger partial charge in [-0.3, -0.25) is 4.79 Å². The first-order valence-electron chi connectivity index (χ1n) is 8.87. The second-order valence-electron chi connectivity index (χ2n) is 7.32. The van der Waals surface area contributed by atoms with Crippen LogP contribution < -0.4 is 10.6 Å². The molecular formula is C18H24FN5O2. The lowest BCUT2D eigenvalue weighted by Gasteiger charge is -2.22. The van der Waals surface area contributed by atoms with Crippen LogP contribution in [0.3, 0.4) is 0 Å². The maximum Gasteiger partial charge on any atom is 0.340 e. The highest BCUT2D eigenvalue weighted by molar-refractivity contribution is 5.84. The van der Waals surface area contributed by atoms with Crippen molar-refractivity contribution in [1.82, 2.24) is 15.6 Å². The van der Waals surface area contributed by atoms with E-state index in [0.29, 0.717) is 17.0 Å². The van der Waals surface area contributed by atoms with E-state index in [9.17, 15) is 14.0 Å². The molecule has 0 unspecified atom stereocenters. The first-order chi connectivity index (χ1) is 12.3.